The molecular formula is C10H12N4S. The quantitative estimate of drug-likeness (QED) is 0.857. The summed E-state index contributed by atoms with van der Waals surface area (Å²) in [5.74, 6) is 0.856. The first-order chi connectivity index (χ1) is 7.38. The fraction of sp³-hybridized carbons (Fsp3) is 0.300. The van der Waals surface area contributed by atoms with Crippen molar-refractivity contribution in [3.05, 3.63) is 34.7 Å². The van der Waals surface area contributed by atoms with Gasteiger partial charge in [0.2, 0.25) is 0 Å². The van der Waals surface area contributed by atoms with Crippen molar-refractivity contribution in [2.24, 2.45) is 0 Å². The van der Waals surface area contributed by atoms with Crippen molar-refractivity contribution < 1.29 is 0 Å². The van der Waals surface area contributed by atoms with Crippen LogP contribution in [0.5, 0.6) is 0 Å². The lowest BCUT2D eigenvalue weighted by Gasteiger charge is -2.03. The minimum atomic E-state index is 0.712. The Bertz CT molecular complexity index is 413. The van der Waals surface area contributed by atoms with Gasteiger partial charge in [-0.15, -0.1) is 11.3 Å². The first-order valence-electron chi connectivity index (χ1n) is 4.80. The summed E-state index contributed by atoms with van der Waals surface area (Å²) in [5, 5.41) is 5.24. The van der Waals surface area contributed by atoms with Crippen molar-refractivity contribution in [2.45, 2.75) is 19.9 Å². The van der Waals surface area contributed by atoms with Crippen LogP contribution < -0.4 is 5.32 Å². The number of aryl methyl sites for hydroxylation is 1. The van der Waals surface area contributed by atoms with E-state index in [1.54, 1.807) is 17.7 Å². The molecule has 2 heterocycles. The third kappa shape index (κ3) is 2.73. The number of hydrogen-bond acceptors (Lipinski definition) is 5. The Labute approximate surface area is 92.4 Å². The van der Waals surface area contributed by atoms with E-state index in [0.717, 1.165) is 23.6 Å². The van der Waals surface area contributed by atoms with Crippen molar-refractivity contribution in [1.82, 2.24) is 15.0 Å². The minimum Gasteiger partial charge on any atom is -0.364 e. The van der Waals surface area contributed by atoms with Gasteiger partial charge in [-0.3, -0.25) is 0 Å². The van der Waals surface area contributed by atoms with Crippen LogP contribution in [0, 0.1) is 0 Å². The molecule has 0 spiro atoms. The first-order valence-corrected chi connectivity index (χ1v) is 5.74. The molecule has 0 aliphatic rings. The molecule has 0 amide bonds. The summed E-state index contributed by atoms with van der Waals surface area (Å²) >= 11 is 1.60. The summed E-state index contributed by atoms with van der Waals surface area (Å²) in [7, 11) is 0. The van der Waals surface area contributed by atoms with Crippen molar-refractivity contribution in [3.63, 3.8) is 0 Å². The Balaban J connectivity index is 1.98. The molecule has 78 valence electrons. The van der Waals surface area contributed by atoms with E-state index in [2.05, 4.69) is 27.2 Å². The first kappa shape index (κ1) is 10.0. The largest absolute Gasteiger partial charge is 0.364 e. The van der Waals surface area contributed by atoms with E-state index in [9.17, 15) is 0 Å². The minimum absolute atomic E-state index is 0.712. The molecule has 0 atom stereocenters. The summed E-state index contributed by atoms with van der Waals surface area (Å²) in [6.45, 7) is 2.79. The van der Waals surface area contributed by atoms with Gasteiger partial charge in [-0.1, -0.05) is 6.92 Å². The van der Waals surface area contributed by atoms with E-state index in [4.69, 9.17) is 0 Å². The number of nitrogens with one attached hydrogen (secondary N) is 1. The second-order valence-electron chi connectivity index (χ2n) is 3.08. The second-order valence-corrected chi connectivity index (χ2v) is 3.80. The highest BCUT2D eigenvalue weighted by molar-refractivity contribution is 7.07. The average Bonchev–Trinajstić information content (AvgIpc) is 2.79. The molecule has 0 aromatic carbocycles. The van der Waals surface area contributed by atoms with E-state index < -0.39 is 0 Å². The van der Waals surface area contributed by atoms with Crippen molar-refractivity contribution in [2.75, 3.05) is 5.32 Å². The maximum absolute atomic E-state index is 4.19. The number of hydrogen-bond donors (Lipinski definition) is 1. The van der Waals surface area contributed by atoms with E-state index in [1.165, 1.54) is 0 Å². The van der Waals surface area contributed by atoms with Gasteiger partial charge in [-0.05, 0) is 6.42 Å². The zero-order valence-corrected chi connectivity index (χ0v) is 9.29. The number of thiazole rings is 1. The maximum Gasteiger partial charge on any atom is 0.129 e. The zero-order chi connectivity index (χ0) is 10.5. The Kier molecular flexibility index (Phi) is 3.24. The summed E-state index contributed by atoms with van der Waals surface area (Å²) in [6, 6.07) is 1.96. The van der Waals surface area contributed by atoms with Gasteiger partial charge in [0.05, 0.1) is 17.7 Å². The summed E-state index contributed by atoms with van der Waals surface area (Å²) in [5.41, 5.74) is 3.91. The lowest BCUT2D eigenvalue weighted by atomic mass is 10.3. The maximum atomic E-state index is 4.19. The van der Waals surface area contributed by atoms with Crippen LogP contribution in [0.3, 0.4) is 0 Å². The van der Waals surface area contributed by atoms with Crippen LogP contribution in [-0.2, 0) is 13.0 Å². The second kappa shape index (κ2) is 4.84. The lowest BCUT2D eigenvalue weighted by Crippen LogP contribution is -2.02. The summed E-state index contributed by atoms with van der Waals surface area (Å²) in [6.07, 6.45) is 2.51. The standard InChI is InChI=1S/C10H12N4S/c1-2-8-3-10(13-6-12-8)11-4-9-5-15-7-14-9/h3,5-7H,2,4H2,1H3,(H,11,12,13). The SMILES string of the molecule is CCc1cc(NCc2cscn2)ncn1. The van der Waals surface area contributed by atoms with Crippen molar-refractivity contribution >= 4 is 17.2 Å². The van der Waals surface area contributed by atoms with Gasteiger partial charge in [0.25, 0.3) is 0 Å². The molecule has 0 bridgehead atoms. The van der Waals surface area contributed by atoms with Gasteiger partial charge in [0, 0.05) is 17.1 Å². The number of rotatable bonds is 4. The zero-order valence-electron chi connectivity index (χ0n) is 8.47. The monoisotopic (exact) mass is 220 g/mol. The molecule has 5 heteroatoms. The van der Waals surface area contributed by atoms with E-state index >= 15 is 0 Å². The van der Waals surface area contributed by atoms with Crippen LogP contribution in [0.4, 0.5) is 5.82 Å². The highest BCUT2D eigenvalue weighted by atomic mass is 32.1. The molecule has 2 aromatic rings. The van der Waals surface area contributed by atoms with Crippen LogP contribution in [0.25, 0.3) is 0 Å². The van der Waals surface area contributed by atoms with E-state index in [-0.39, 0.29) is 0 Å². The summed E-state index contributed by atoms with van der Waals surface area (Å²) in [4.78, 5) is 12.5. The highest BCUT2D eigenvalue weighted by Crippen LogP contribution is 2.07. The van der Waals surface area contributed by atoms with Gasteiger partial charge < -0.3 is 5.32 Å². The smallest absolute Gasteiger partial charge is 0.129 e. The van der Waals surface area contributed by atoms with Crippen LogP contribution in [-0.4, -0.2) is 15.0 Å². The fourth-order valence-electron chi connectivity index (χ4n) is 1.19. The van der Waals surface area contributed by atoms with Gasteiger partial charge in [-0.25, -0.2) is 15.0 Å². The molecule has 0 saturated carbocycles. The average molecular weight is 220 g/mol. The van der Waals surface area contributed by atoms with E-state index in [1.807, 2.05) is 17.0 Å². The molecule has 15 heavy (non-hydrogen) atoms. The number of aromatic nitrogens is 3. The fourth-order valence-corrected chi connectivity index (χ4v) is 1.75. The molecule has 2 aromatic heterocycles. The Morgan fingerprint density at radius 1 is 1.27 bits per heavy atom. The lowest BCUT2D eigenvalue weighted by molar-refractivity contribution is 0.979. The predicted molar refractivity (Wildman–Crippen MR) is 60.9 cm³/mol. The topological polar surface area (TPSA) is 50.7 Å². The van der Waals surface area contributed by atoms with Crippen LogP contribution in [0.1, 0.15) is 18.3 Å². The molecule has 0 aliphatic heterocycles. The van der Waals surface area contributed by atoms with Gasteiger partial charge in [0.15, 0.2) is 0 Å². The van der Waals surface area contributed by atoms with Crippen LogP contribution in [0.2, 0.25) is 0 Å². The predicted octanol–water partition coefficient (Wildman–Crippen LogP) is 2.11. The Morgan fingerprint density at radius 2 is 2.20 bits per heavy atom. The van der Waals surface area contributed by atoms with Crippen molar-refractivity contribution in [1.29, 1.82) is 0 Å². The molecule has 0 saturated heterocycles. The highest BCUT2D eigenvalue weighted by Gasteiger charge is 1.98. The molecule has 1 N–H and O–H groups in total. The Morgan fingerprint density at radius 3 is 2.93 bits per heavy atom. The molecular weight excluding hydrogens is 208 g/mol. The van der Waals surface area contributed by atoms with Gasteiger partial charge in [-0.2, -0.15) is 0 Å². The molecule has 0 aliphatic carbocycles. The van der Waals surface area contributed by atoms with E-state index in [0.29, 0.717) is 6.54 Å². The number of nitrogens with zero attached hydrogens (tertiary/aromatic N) is 3. The molecule has 0 fully saturated rings. The Hall–Kier alpha value is -1.49. The molecule has 2 rings (SSSR count). The molecule has 0 unspecified atom stereocenters. The van der Waals surface area contributed by atoms with Crippen molar-refractivity contribution in [3.8, 4) is 0 Å². The van der Waals surface area contributed by atoms with Gasteiger partial charge in [0.1, 0.15) is 12.1 Å². The number of anilines is 1. The third-order valence-electron chi connectivity index (χ3n) is 2.02. The van der Waals surface area contributed by atoms with Gasteiger partial charge >= 0.3 is 0 Å². The molecule has 4 nitrogen and oxygen atoms in total. The summed E-state index contributed by atoms with van der Waals surface area (Å²) < 4.78 is 0. The third-order valence-corrected chi connectivity index (χ3v) is 2.66. The van der Waals surface area contributed by atoms with Crippen LogP contribution >= 0.6 is 11.3 Å². The molecule has 0 radical (unpaired) electrons. The van der Waals surface area contributed by atoms with Crippen LogP contribution in [0.15, 0.2) is 23.3 Å². The normalized spacial score (nSPS) is 10.2.